The molecule has 0 aromatic carbocycles. The Morgan fingerprint density at radius 1 is 1.04 bits per heavy atom. The van der Waals surface area contributed by atoms with Gasteiger partial charge in [-0.2, -0.15) is 0 Å². The van der Waals surface area contributed by atoms with Crippen LogP contribution in [0, 0.1) is 0 Å². The molecule has 0 spiro atoms. The molecule has 24 heavy (non-hydrogen) atoms. The number of nitrogens with zero attached hydrogens (tertiary/aromatic N) is 2. The lowest BCUT2D eigenvalue weighted by Gasteiger charge is -2.40. The van der Waals surface area contributed by atoms with Gasteiger partial charge in [-0.05, 0) is 39.0 Å². The third-order valence-corrected chi connectivity index (χ3v) is 5.60. The molecule has 1 heterocycles. The number of aliphatic hydroxyl groups is 1. The Kier molecular flexibility index (Phi) is 11.3. The second-order valence-corrected chi connectivity index (χ2v) is 7.36. The van der Waals surface area contributed by atoms with Crippen molar-refractivity contribution in [1.29, 1.82) is 0 Å². The Balaban J connectivity index is 2.03. The van der Waals surface area contributed by atoms with Gasteiger partial charge in [-0.3, -0.25) is 4.48 Å². The van der Waals surface area contributed by atoms with Crippen molar-refractivity contribution < 1.29 is 9.59 Å². The van der Waals surface area contributed by atoms with Crippen LogP contribution < -0.4 is 0 Å². The standard InChI is InChI=1S/C21H41N2O/c1-4-6-7-8-9-10-11-12-13-14-15-16-17-21-22-18-19-23(21,5-2)20(3)24/h9-10,18,20-21,24H,4-8,11-17,19H2,1-3H3/q+1/b10-9+. The van der Waals surface area contributed by atoms with Gasteiger partial charge in [0.05, 0.1) is 12.8 Å². The maximum atomic E-state index is 10.2. The van der Waals surface area contributed by atoms with E-state index < -0.39 is 0 Å². The number of hydrogen-bond acceptors (Lipinski definition) is 2. The molecule has 0 saturated heterocycles. The molecule has 0 saturated carbocycles. The van der Waals surface area contributed by atoms with Gasteiger partial charge in [0.1, 0.15) is 6.54 Å². The molecule has 3 nitrogen and oxygen atoms in total. The molecular weight excluding hydrogens is 296 g/mol. The van der Waals surface area contributed by atoms with E-state index >= 15 is 0 Å². The van der Waals surface area contributed by atoms with Gasteiger partial charge in [0.15, 0.2) is 12.4 Å². The quantitative estimate of drug-likeness (QED) is 0.255. The van der Waals surface area contributed by atoms with Crippen molar-refractivity contribution in [3.63, 3.8) is 0 Å². The third kappa shape index (κ3) is 7.06. The van der Waals surface area contributed by atoms with E-state index in [9.17, 15) is 5.11 Å². The lowest BCUT2D eigenvalue weighted by atomic mass is 10.1. The van der Waals surface area contributed by atoms with E-state index in [0.29, 0.717) is 0 Å². The van der Waals surface area contributed by atoms with Crippen LogP contribution in [0.5, 0.6) is 0 Å². The zero-order valence-electron chi connectivity index (χ0n) is 16.4. The minimum Gasteiger partial charge on any atom is -0.345 e. The fourth-order valence-electron chi connectivity index (χ4n) is 3.78. The molecule has 1 aliphatic heterocycles. The van der Waals surface area contributed by atoms with Gasteiger partial charge in [-0.25, -0.2) is 4.99 Å². The first-order valence-electron chi connectivity index (χ1n) is 10.4. The summed E-state index contributed by atoms with van der Waals surface area (Å²) in [6, 6.07) is 0. The van der Waals surface area contributed by atoms with Gasteiger partial charge in [-0.15, -0.1) is 0 Å². The van der Waals surface area contributed by atoms with E-state index in [1.807, 2.05) is 13.1 Å². The Labute approximate surface area is 150 Å². The summed E-state index contributed by atoms with van der Waals surface area (Å²) in [4.78, 5) is 4.65. The Morgan fingerprint density at radius 3 is 2.29 bits per heavy atom. The van der Waals surface area contributed by atoms with Crippen LogP contribution in [-0.2, 0) is 0 Å². The smallest absolute Gasteiger partial charge is 0.189 e. The Morgan fingerprint density at radius 2 is 1.67 bits per heavy atom. The van der Waals surface area contributed by atoms with Crippen LogP contribution in [0.3, 0.4) is 0 Å². The largest absolute Gasteiger partial charge is 0.345 e. The summed E-state index contributed by atoms with van der Waals surface area (Å²) in [6.07, 6.45) is 20.9. The lowest BCUT2D eigenvalue weighted by Crippen LogP contribution is -2.57. The summed E-state index contributed by atoms with van der Waals surface area (Å²) < 4.78 is 0.739. The lowest BCUT2D eigenvalue weighted by molar-refractivity contribution is -0.976. The highest BCUT2D eigenvalue weighted by atomic mass is 16.3. The fourth-order valence-corrected chi connectivity index (χ4v) is 3.78. The zero-order valence-corrected chi connectivity index (χ0v) is 16.4. The molecule has 1 N–H and O–H groups in total. The van der Waals surface area contributed by atoms with Crippen molar-refractivity contribution in [3.8, 4) is 0 Å². The molecule has 0 aliphatic carbocycles. The third-order valence-electron chi connectivity index (χ3n) is 5.60. The van der Waals surface area contributed by atoms with Crippen LogP contribution in [0.4, 0.5) is 0 Å². The van der Waals surface area contributed by atoms with E-state index in [1.54, 1.807) is 0 Å². The van der Waals surface area contributed by atoms with Gasteiger partial charge < -0.3 is 5.11 Å². The monoisotopic (exact) mass is 337 g/mol. The van der Waals surface area contributed by atoms with Crippen molar-refractivity contribution in [3.05, 3.63) is 12.2 Å². The van der Waals surface area contributed by atoms with E-state index in [0.717, 1.165) is 24.0 Å². The molecule has 3 heteroatoms. The average molecular weight is 338 g/mol. The van der Waals surface area contributed by atoms with E-state index in [4.69, 9.17) is 0 Å². The Bertz CT molecular complexity index is 365. The topological polar surface area (TPSA) is 32.6 Å². The summed E-state index contributed by atoms with van der Waals surface area (Å²) in [5, 5.41) is 10.2. The number of unbranched alkanes of at least 4 members (excludes halogenated alkanes) is 8. The highest BCUT2D eigenvalue weighted by Crippen LogP contribution is 2.26. The predicted molar refractivity (Wildman–Crippen MR) is 105 cm³/mol. The van der Waals surface area contributed by atoms with Crippen LogP contribution in [0.1, 0.15) is 91.4 Å². The summed E-state index contributed by atoms with van der Waals surface area (Å²) in [5.74, 6) is 0. The normalized spacial score (nSPS) is 24.9. The molecule has 0 radical (unpaired) electrons. The summed E-state index contributed by atoms with van der Waals surface area (Å²) in [6.45, 7) is 8.20. The molecule has 0 amide bonds. The maximum Gasteiger partial charge on any atom is 0.189 e. The van der Waals surface area contributed by atoms with Crippen molar-refractivity contribution in [2.75, 3.05) is 13.1 Å². The first-order chi connectivity index (χ1) is 11.7. The summed E-state index contributed by atoms with van der Waals surface area (Å²) >= 11 is 0. The molecular formula is C21H41N2O+. The average Bonchev–Trinajstić information content (AvgIpc) is 3.00. The van der Waals surface area contributed by atoms with Crippen molar-refractivity contribution in [1.82, 2.24) is 0 Å². The molecule has 3 unspecified atom stereocenters. The molecule has 1 rings (SSSR count). The maximum absolute atomic E-state index is 10.2. The molecule has 0 fully saturated rings. The van der Waals surface area contributed by atoms with Gasteiger partial charge in [0, 0.05) is 13.3 Å². The summed E-state index contributed by atoms with van der Waals surface area (Å²) in [5.41, 5.74) is 0. The predicted octanol–water partition coefficient (Wildman–Crippen LogP) is 5.44. The van der Waals surface area contributed by atoms with E-state index in [-0.39, 0.29) is 12.4 Å². The number of hydrogen-bond donors (Lipinski definition) is 1. The van der Waals surface area contributed by atoms with E-state index in [1.165, 1.54) is 64.2 Å². The van der Waals surface area contributed by atoms with Crippen LogP contribution in [-0.4, -0.2) is 41.3 Å². The first-order valence-corrected chi connectivity index (χ1v) is 10.4. The molecule has 140 valence electrons. The number of aliphatic imine (C=N–C) groups is 1. The fraction of sp³-hybridized carbons (Fsp3) is 0.857. The molecule has 0 aromatic heterocycles. The first kappa shape index (κ1) is 21.4. The van der Waals surface area contributed by atoms with Gasteiger partial charge >= 0.3 is 0 Å². The SMILES string of the molecule is CCCCC/C=C/CCCCCCCC1N=CC[N+]1(CC)C(C)O. The second kappa shape index (κ2) is 12.7. The number of rotatable bonds is 14. The second-order valence-electron chi connectivity index (χ2n) is 7.36. The van der Waals surface area contributed by atoms with Crippen LogP contribution in [0.2, 0.25) is 0 Å². The van der Waals surface area contributed by atoms with Crippen LogP contribution in [0.15, 0.2) is 17.1 Å². The highest BCUT2D eigenvalue weighted by molar-refractivity contribution is 5.60. The molecule has 0 bridgehead atoms. The zero-order chi connectivity index (χ0) is 17.7. The van der Waals surface area contributed by atoms with Crippen LogP contribution in [0.25, 0.3) is 0 Å². The minimum atomic E-state index is -0.313. The molecule has 1 aliphatic rings. The van der Waals surface area contributed by atoms with Crippen molar-refractivity contribution >= 4 is 6.21 Å². The Hall–Kier alpha value is -0.670. The van der Waals surface area contributed by atoms with Crippen LogP contribution >= 0.6 is 0 Å². The van der Waals surface area contributed by atoms with Gasteiger partial charge in [0.2, 0.25) is 0 Å². The van der Waals surface area contributed by atoms with Crippen molar-refractivity contribution in [2.24, 2.45) is 4.99 Å². The highest BCUT2D eigenvalue weighted by Gasteiger charge is 2.41. The van der Waals surface area contributed by atoms with Gasteiger partial charge in [-0.1, -0.05) is 51.2 Å². The van der Waals surface area contributed by atoms with E-state index in [2.05, 4.69) is 31.0 Å². The molecule has 3 atom stereocenters. The molecule has 0 aromatic rings. The summed E-state index contributed by atoms with van der Waals surface area (Å²) in [7, 11) is 0. The van der Waals surface area contributed by atoms with Gasteiger partial charge in [0.25, 0.3) is 0 Å². The minimum absolute atomic E-state index is 0.279. The number of allylic oxidation sites excluding steroid dienone is 2. The number of aliphatic hydroxyl groups excluding tert-OH is 1. The number of quaternary nitrogens is 1. The van der Waals surface area contributed by atoms with Crippen molar-refractivity contribution in [2.45, 2.75) is 104 Å².